The van der Waals surface area contributed by atoms with Gasteiger partial charge in [-0.15, -0.1) is 0 Å². The molecule has 1 unspecified atom stereocenters. The molecule has 1 aliphatic heterocycles. The van der Waals surface area contributed by atoms with E-state index in [1.165, 1.54) is 24.0 Å². The van der Waals surface area contributed by atoms with Crippen molar-refractivity contribution in [2.75, 3.05) is 6.54 Å². The van der Waals surface area contributed by atoms with Gasteiger partial charge in [0, 0.05) is 12.6 Å². The molecule has 0 saturated carbocycles. The minimum absolute atomic E-state index is 0.125. The third kappa shape index (κ3) is 2.19. The van der Waals surface area contributed by atoms with Crippen LogP contribution >= 0.6 is 11.3 Å². The van der Waals surface area contributed by atoms with Crippen LogP contribution in [0, 0.1) is 10.1 Å². The van der Waals surface area contributed by atoms with Crippen LogP contribution in [0.15, 0.2) is 12.1 Å². The highest BCUT2D eigenvalue weighted by Crippen LogP contribution is 2.33. The van der Waals surface area contributed by atoms with Gasteiger partial charge in [-0.3, -0.25) is 14.9 Å². The van der Waals surface area contributed by atoms with Crippen LogP contribution < -0.4 is 0 Å². The fraction of sp³-hybridized carbons (Fsp3) is 0.455. The monoisotopic (exact) mass is 284 g/mol. The van der Waals surface area contributed by atoms with Crippen LogP contribution in [-0.4, -0.2) is 38.9 Å². The Morgan fingerprint density at radius 1 is 1.53 bits per heavy atom. The molecule has 1 amide bonds. The van der Waals surface area contributed by atoms with E-state index in [1.54, 1.807) is 0 Å². The lowest BCUT2D eigenvalue weighted by atomic mass is 9.99. The zero-order valence-corrected chi connectivity index (χ0v) is 11.0. The Hall–Kier alpha value is -1.96. The topological polar surface area (TPSA) is 101 Å². The minimum Gasteiger partial charge on any atom is -0.480 e. The maximum absolute atomic E-state index is 12.3. The number of rotatable bonds is 3. The van der Waals surface area contributed by atoms with Crippen molar-refractivity contribution in [3.05, 3.63) is 27.1 Å². The minimum atomic E-state index is -1.23. The Kier molecular flexibility index (Phi) is 3.27. The van der Waals surface area contributed by atoms with Crippen LogP contribution in [-0.2, 0) is 4.79 Å². The van der Waals surface area contributed by atoms with Crippen molar-refractivity contribution in [3.8, 4) is 0 Å². The first-order chi connectivity index (χ1) is 8.86. The highest BCUT2D eigenvalue weighted by atomic mass is 32.1. The first-order valence-electron chi connectivity index (χ1n) is 5.66. The van der Waals surface area contributed by atoms with E-state index in [9.17, 15) is 24.8 Å². The molecule has 0 spiro atoms. The summed E-state index contributed by atoms with van der Waals surface area (Å²) in [7, 11) is 0. The van der Waals surface area contributed by atoms with Gasteiger partial charge in [-0.25, -0.2) is 4.79 Å². The molecule has 8 heteroatoms. The summed E-state index contributed by atoms with van der Waals surface area (Å²) in [6, 6.07) is 2.62. The Balaban J connectivity index is 2.28. The third-order valence-electron chi connectivity index (χ3n) is 3.33. The zero-order chi connectivity index (χ0) is 14.2. The number of amides is 1. The molecule has 1 fully saturated rings. The maximum Gasteiger partial charge on any atom is 0.329 e. The van der Waals surface area contributed by atoms with Gasteiger partial charge in [0.2, 0.25) is 0 Å². The predicted molar refractivity (Wildman–Crippen MR) is 67.3 cm³/mol. The van der Waals surface area contributed by atoms with Gasteiger partial charge in [0.1, 0.15) is 5.54 Å². The molecule has 0 radical (unpaired) electrons. The van der Waals surface area contributed by atoms with Crippen LogP contribution in [0.5, 0.6) is 0 Å². The SMILES string of the molecule is CC1(C(=O)O)CCCN1C(=O)c1ccc([N+](=O)[O-])s1. The Bertz CT molecular complexity index is 555. The second-order valence-corrected chi connectivity index (χ2v) is 5.60. The molecular formula is C11H12N2O5S. The number of hydrogen-bond acceptors (Lipinski definition) is 5. The summed E-state index contributed by atoms with van der Waals surface area (Å²) in [5, 5.41) is 19.7. The van der Waals surface area contributed by atoms with Crippen LogP contribution in [0.4, 0.5) is 5.00 Å². The molecule has 1 saturated heterocycles. The number of nitro groups is 1. The summed E-state index contributed by atoms with van der Waals surface area (Å²) in [5.41, 5.74) is -1.23. The van der Waals surface area contributed by atoms with Gasteiger partial charge in [-0.05, 0) is 25.8 Å². The molecule has 0 aliphatic carbocycles. The normalized spacial score (nSPS) is 22.5. The first kappa shape index (κ1) is 13.5. The number of nitrogens with zero attached hydrogens (tertiary/aromatic N) is 2. The van der Waals surface area contributed by atoms with E-state index in [2.05, 4.69) is 0 Å². The molecule has 0 bridgehead atoms. The molecular weight excluding hydrogens is 272 g/mol. The number of carbonyl (C=O) groups excluding carboxylic acids is 1. The third-order valence-corrected chi connectivity index (χ3v) is 4.35. The van der Waals surface area contributed by atoms with Gasteiger partial charge in [-0.2, -0.15) is 0 Å². The van der Waals surface area contributed by atoms with E-state index in [1.807, 2.05) is 0 Å². The van der Waals surface area contributed by atoms with Crippen molar-refractivity contribution in [2.24, 2.45) is 0 Å². The Labute approximate surface area is 112 Å². The standard InChI is InChI=1S/C11H12N2O5S/c1-11(10(15)16)5-2-6-12(11)9(14)7-3-4-8(19-7)13(17)18/h3-4H,2,5-6H2,1H3,(H,15,16). The van der Waals surface area contributed by atoms with Crippen molar-refractivity contribution in [3.63, 3.8) is 0 Å². The van der Waals surface area contributed by atoms with Gasteiger partial charge in [0.15, 0.2) is 0 Å². The van der Waals surface area contributed by atoms with Gasteiger partial charge in [0.05, 0.1) is 9.80 Å². The first-order valence-corrected chi connectivity index (χ1v) is 6.47. The maximum atomic E-state index is 12.3. The number of carboxylic acid groups (broad SMARTS) is 1. The lowest BCUT2D eigenvalue weighted by Gasteiger charge is -2.30. The van der Waals surface area contributed by atoms with E-state index < -0.39 is 22.3 Å². The largest absolute Gasteiger partial charge is 0.480 e. The fourth-order valence-corrected chi connectivity index (χ4v) is 2.95. The molecule has 19 heavy (non-hydrogen) atoms. The molecule has 102 valence electrons. The number of hydrogen-bond donors (Lipinski definition) is 1. The van der Waals surface area contributed by atoms with E-state index in [-0.39, 0.29) is 9.88 Å². The summed E-state index contributed by atoms with van der Waals surface area (Å²) < 4.78 is 0. The van der Waals surface area contributed by atoms with E-state index in [0.29, 0.717) is 19.4 Å². The average molecular weight is 284 g/mol. The van der Waals surface area contributed by atoms with Crippen molar-refractivity contribution in [1.29, 1.82) is 0 Å². The molecule has 1 aromatic rings. The Morgan fingerprint density at radius 2 is 2.21 bits per heavy atom. The van der Waals surface area contributed by atoms with Gasteiger partial charge < -0.3 is 10.0 Å². The van der Waals surface area contributed by atoms with Gasteiger partial charge >= 0.3 is 11.0 Å². The molecule has 1 aliphatic rings. The van der Waals surface area contributed by atoms with Crippen LogP contribution in [0.3, 0.4) is 0 Å². The quantitative estimate of drug-likeness (QED) is 0.673. The lowest BCUT2D eigenvalue weighted by molar-refractivity contribution is -0.380. The summed E-state index contributed by atoms with van der Waals surface area (Å²) in [6.45, 7) is 1.86. The zero-order valence-electron chi connectivity index (χ0n) is 10.2. The van der Waals surface area contributed by atoms with Crippen molar-refractivity contribution in [1.82, 2.24) is 4.90 Å². The number of carbonyl (C=O) groups is 2. The summed E-state index contributed by atoms with van der Waals surface area (Å²) in [6.07, 6.45) is 1.00. The van der Waals surface area contributed by atoms with Crippen LogP contribution in [0.1, 0.15) is 29.4 Å². The average Bonchev–Trinajstić information content (AvgIpc) is 2.95. The van der Waals surface area contributed by atoms with Crippen molar-refractivity contribution >= 4 is 28.2 Å². The van der Waals surface area contributed by atoms with E-state index >= 15 is 0 Å². The number of aliphatic carboxylic acids is 1. The van der Waals surface area contributed by atoms with Gasteiger partial charge in [-0.1, -0.05) is 11.3 Å². The smallest absolute Gasteiger partial charge is 0.329 e. The van der Waals surface area contributed by atoms with Crippen LogP contribution in [0.25, 0.3) is 0 Å². The van der Waals surface area contributed by atoms with Crippen LogP contribution in [0.2, 0.25) is 0 Å². The van der Waals surface area contributed by atoms with Crippen molar-refractivity contribution in [2.45, 2.75) is 25.3 Å². The highest BCUT2D eigenvalue weighted by molar-refractivity contribution is 7.17. The molecule has 1 aromatic heterocycles. The number of likely N-dealkylation sites (tertiary alicyclic amines) is 1. The van der Waals surface area contributed by atoms with E-state index in [0.717, 1.165) is 11.3 Å². The molecule has 7 nitrogen and oxygen atoms in total. The highest BCUT2D eigenvalue weighted by Gasteiger charge is 2.46. The molecule has 1 N–H and O–H groups in total. The second-order valence-electron chi connectivity index (χ2n) is 4.53. The molecule has 2 rings (SSSR count). The molecule has 0 aromatic carbocycles. The lowest BCUT2D eigenvalue weighted by Crippen LogP contribution is -2.50. The number of thiophene rings is 1. The fourth-order valence-electron chi connectivity index (χ4n) is 2.18. The van der Waals surface area contributed by atoms with Gasteiger partial charge in [0.25, 0.3) is 5.91 Å². The summed E-state index contributed by atoms with van der Waals surface area (Å²) >= 11 is 0.765. The molecule has 1 atom stereocenters. The summed E-state index contributed by atoms with van der Waals surface area (Å²) in [4.78, 5) is 35.0. The molecule has 2 heterocycles. The van der Waals surface area contributed by atoms with Crippen molar-refractivity contribution < 1.29 is 19.6 Å². The second kappa shape index (κ2) is 4.61. The number of carboxylic acids is 1. The summed E-state index contributed by atoms with van der Waals surface area (Å²) in [5.74, 6) is -1.51. The van der Waals surface area contributed by atoms with E-state index in [4.69, 9.17) is 0 Å². The predicted octanol–water partition coefficient (Wildman–Crippen LogP) is 1.74. The Morgan fingerprint density at radius 3 is 2.74 bits per heavy atom.